The SMILES string of the molecule is [B]N(S)C(C)C(C)(C)OC1=CC=C(C)CC1. The van der Waals surface area contributed by atoms with E-state index in [0.29, 0.717) is 0 Å². The van der Waals surface area contributed by atoms with Crippen LogP contribution in [0.4, 0.5) is 0 Å². The second-order valence-electron chi connectivity index (χ2n) is 4.91. The van der Waals surface area contributed by atoms with Crippen LogP contribution in [0.25, 0.3) is 0 Å². The largest absolute Gasteiger partial charge is 0.491 e. The smallest absolute Gasteiger partial charge is 0.200 e. The lowest BCUT2D eigenvalue weighted by molar-refractivity contribution is -0.00455. The molecule has 0 amide bonds. The highest BCUT2D eigenvalue weighted by molar-refractivity contribution is 7.78. The minimum absolute atomic E-state index is 0.0312. The fourth-order valence-electron chi connectivity index (χ4n) is 1.55. The lowest BCUT2D eigenvalue weighted by Crippen LogP contribution is -2.44. The van der Waals surface area contributed by atoms with Gasteiger partial charge in [0.2, 0.25) is 0 Å². The quantitative estimate of drug-likeness (QED) is 0.596. The lowest BCUT2D eigenvalue weighted by Gasteiger charge is -2.37. The summed E-state index contributed by atoms with van der Waals surface area (Å²) in [4.78, 5) is 0. The van der Waals surface area contributed by atoms with E-state index in [9.17, 15) is 0 Å². The second kappa shape index (κ2) is 5.32. The van der Waals surface area contributed by atoms with Crippen molar-refractivity contribution in [2.45, 2.75) is 52.2 Å². The van der Waals surface area contributed by atoms with E-state index in [1.54, 1.807) is 0 Å². The Bertz CT molecular complexity index is 310. The predicted octanol–water partition coefficient (Wildman–Crippen LogP) is 3.02. The Labute approximate surface area is 106 Å². The van der Waals surface area contributed by atoms with Crippen molar-refractivity contribution in [3.63, 3.8) is 0 Å². The summed E-state index contributed by atoms with van der Waals surface area (Å²) in [6.07, 6.45) is 6.20. The van der Waals surface area contributed by atoms with Gasteiger partial charge in [-0.05, 0) is 40.2 Å². The van der Waals surface area contributed by atoms with E-state index in [1.807, 2.05) is 26.8 Å². The van der Waals surface area contributed by atoms with Crippen LogP contribution in [0.15, 0.2) is 23.5 Å². The van der Waals surface area contributed by atoms with Gasteiger partial charge in [0, 0.05) is 12.5 Å². The molecular formula is C12H20BNOS. The predicted molar refractivity (Wildman–Crippen MR) is 72.3 cm³/mol. The second-order valence-corrected chi connectivity index (χ2v) is 5.37. The van der Waals surface area contributed by atoms with Crippen molar-refractivity contribution in [2.24, 2.45) is 0 Å². The van der Waals surface area contributed by atoms with Gasteiger partial charge in [0.25, 0.3) is 0 Å². The number of thiol groups is 1. The summed E-state index contributed by atoms with van der Waals surface area (Å²) < 4.78 is 7.39. The highest BCUT2D eigenvalue weighted by Crippen LogP contribution is 2.27. The number of allylic oxidation sites excluding steroid dienone is 4. The first-order chi connectivity index (χ1) is 7.33. The van der Waals surface area contributed by atoms with Gasteiger partial charge in [-0.3, -0.25) is 4.22 Å². The van der Waals surface area contributed by atoms with Crippen molar-refractivity contribution in [3.8, 4) is 0 Å². The Morgan fingerprint density at radius 3 is 2.50 bits per heavy atom. The van der Waals surface area contributed by atoms with Gasteiger partial charge < -0.3 is 4.74 Å². The molecule has 4 heteroatoms. The van der Waals surface area contributed by atoms with Crippen LogP contribution in [-0.2, 0) is 4.74 Å². The molecule has 0 aliphatic heterocycles. The van der Waals surface area contributed by atoms with E-state index < -0.39 is 0 Å². The van der Waals surface area contributed by atoms with E-state index in [0.717, 1.165) is 18.6 Å². The Morgan fingerprint density at radius 1 is 1.44 bits per heavy atom. The van der Waals surface area contributed by atoms with Crippen LogP contribution in [0, 0.1) is 0 Å². The molecule has 2 radical (unpaired) electrons. The van der Waals surface area contributed by atoms with Crippen LogP contribution in [-0.4, -0.2) is 23.8 Å². The third-order valence-corrected chi connectivity index (χ3v) is 3.46. The summed E-state index contributed by atoms with van der Waals surface area (Å²) in [6.45, 7) is 8.19. The van der Waals surface area contributed by atoms with Crippen LogP contribution >= 0.6 is 12.8 Å². The molecule has 0 saturated heterocycles. The molecular weight excluding hydrogens is 217 g/mol. The highest BCUT2D eigenvalue weighted by Gasteiger charge is 2.30. The number of nitrogens with zero attached hydrogens (tertiary/aromatic N) is 1. The first-order valence-corrected chi connectivity index (χ1v) is 6.01. The molecule has 0 saturated carbocycles. The van der Waals surface area contributed by atoms with Gasteiger partial charge >= 0.3 is 0 Å². The van der Waals surface area contributed by atoms with Crippen LogP contribution in [0.2, 0.25) is 0 Å². The van der Waals surface area contributed by atoms with Crippen LogP contribution in [0.5, 0.6) is 0 Å². The first-order valence-electron chi connectivity index (χ1n) is 5.61. The van der Waals surface area contributed by atoms with Gasteiger partial charge in [0.05, 0.1) is 5.76 Å². The van der Waals surface area contributed by atoms with E-state index >= 15 is 0 Å². The van der Waals surface area contributed by atoms with Crippen molar-refractivity contribution in [2.75, 3.05) is 0 Å². The Morgan fingerprint density at radius 2 is 2.06 bits per heavy atom. The molecule has 1 unspecified atom stereocenters. The van der Waals surface area contributed by atoms with Gasteiger partial charge in [0.15, 0.2) is 7.98 Å². The van der Waals surface area contributed by atoms with Crippen LogP contribution < -0.4 is 0 Å². The van der Waals surface area contributed by atoms with Gasteiger partial charge in [-0.15, -0.1) is 12.8 Å². The third-order valence-electron chi connectivity index (χ3n) is 3.12. The standard InChI is InChI=1S/C12H20BNOS/c1-9-5-7-11(8-6-9)15-12(3,4)10(2)14(13)16/h5,7,10,16H,6,8H2,1-4H3. The number of ether oxygens (including phenoxy) is 1. The Kier molecular flexibility index (Phi) is 4.56. The molecule has 0 aromatic heterocycles. The lowest BCUT2D eigenvalue weighted by atomic mass is 9.97. The van der Waals surface area contributed by atoms with Gasteiger partial charge in [-0.2, -0.15) is 0 Å². The molecule has 2 nitrogen and oxygen atoms in total. The summed E-state index contributed by atoms with van der Waals surface area (Å²) in [5, 5.41) is 0. The van der Waals surface area contributed by atoms with Crippen molar-refractivity contribution in [1.29, 1.82) is 0 Å². The third kappa shape index (κ3) is 3.60. The van der Waals surface area contributed by atoms with E-state index in [2.05, 4.69) is 25.8 Å². The molecule has 1 rings (SSSR count). The Hall–Kier alpha value is -0.345. The van der Waals surface area contributed by atoms with Crippen molar-refractivity contribution in [3.05, 3.63) is 23.5 Å². The summed E-state index contributed by atoms with van der Waals surface area (Å²) >= 11 is 4.12. The van der Waals surface area contributed by atoms with Crippen LogP contribution in [0.3, 0.4) is 0 Å². The van der Waals surface area contributed by atoms with Crippen LogP contribution in [0.1, 0.15) is 40.5 Å². The van der Waals surface area contributed by atoms with Gasteiger partial charge in [-0.1, -0.05) is 11.6 Å². The fraction of sp³-hybridized carbons (Fsp3) is 0.667. The average Bonchev–Trinajstić information content (AvgIpc) is 2.20. The molecule has 0 aromatic carbocycles. The molecule has 0 bridgehead atoms. The highest BCUT2D eigenvalue weighted by atomic mass is 32.1. The number of hydrogen-bond acceptors (Lipinski definition) is 3. The first kappa shape index (κ1) is 13.7. The van der Waals surface area contributed by atoms with Crippen molar-refractivity contribution < 1.29 is 4.74 Å². The monoisotopic (exact) mass is 237 g/mol. The normalized spacial score (nSPS) is 19.1. The zero-order valence-electron chi connectivity index (χ0n) is 10.5. The summed E-state index contributed by atoms with van der Waals surface area (Å²) in [7, 11) is 5.64. The van der Waals surface area contributed by atoms with Crippen molar-refractivity contribution >= 4 is 20.8 Å². The molecule has 0 N–H and O–H groups in total. The molecule has 1 atom stereocenters. The van der Waals surface area contributed by atoms with Gasteiger partial charge in [-0.25, -0.2) is 0 Å². The zero-order chi connectivity index (χ0) is 12.3. The summed E-state index contributed by atoms with van der Waals surface area (Å²) in [6, 6.07) is 0.0312. The maximum Gasteiger partial charge on any atom is 0.200 e. The number of rotatable bonds is 4. The topological polar surface area (TPSA) is 12.5 Å². The molecule has 0 heterocycles. The summed E-state index contributed by atoms with van der Waals surface area (Å²) in [5.74, 6) is 1.03. The van der Waals surface area contributed by atoms with E-state index in [-0.39, 0.29) is 11.6 Å². The zero-order valence-corrected chi connectivity index (χ0v) is 11.4. The maximum absolute atomic E-state index is 6.00. The maximum atomic E-state index is 6.00. The molecule has 0 fully saturated rings. The molecule has 16 heavy (non-hydrogen) atoms. The minimum Gasteiger partial charge on any atom is -0.491 e. The fourth-order valence-corrected chi connectivity index (χ4v) is 1.83. The minimum atomic E-state index is -0.346. The van der Waals surface area contributed by atoms with E-state index in [4.69, 9.17) is 12.7 Å². The number of hydrogen-bond donors (Lipinski definition) is 1. The molecule has 1 aliphatic rings. The van der Waals surface area contributed by atoms with Gasteiger partial charge in [0.1, 0.15) is 5.60 Å². The summed E-state index contributed by atoms with van der Waals surface area (Å²) in [5.41, 5.74) is 1.05. The van der Waals surface area contributed by atoms with E-state index in [1.165, 1.54) is 9.79 Å². The molecule has 0 spiro atoms. The Balaban J connectivity index is 2.66. The molecule has 1 aliphatic carbocycles. The van der Waals surface area contributed by atoms with Crippen molar-refractivity contribution in [1.82, 2.24) is 4.22 Å². The molecule has 88 valence electrons. The average molecular weight is 237 g/mol. The molecule has 0 aromatic rings.